The molecule has 0 aliphatic heterocycles. The smallest absolute Gasteiger partial charge is 0.321 e. The molecule has 0 aliphatic rings. The van der Waals surface area contributed by atoms with Gasteiger partial charge in [0, 0.05) is 0 Å². The SMILES string of the molecule is CCOC(=O)CS(=O)(=O)C(CC)(CC)S(=O)(=O)CC(=O)OCC. The summed E-state index contributed by atoms with van der Waals surface area (Å²) in [6.07, 6.45) is -0.569. The van der Waals surface area contributed by atoms with Crippen molar-refractivity contribution in [2.24, 2.45) is 0 Å². The molecule has 0 saturated heterocycles. The molecule has 0 spiro atoms. The van der Waals surface area contributed by atoms with Gasteiger partial charge in [-0.05, 0) is 26.7 Å². The second-order valence-electron chi connectivity index (χ2n) is 4.75. The lowest BCUT2D eigenvalue weighted by Gasteiger charge is -2.30. The van der Waals surface area contributed by atoms with Crippen LogP contribution >= 0.6 is 0 Å². The molecule has 8 nitrogen and oxygen atoms in total. The van der Waals surface area contributed by atoms with Gasteiger partial charge >= 0.3 is 11.9 Å². The summed E-state index contributed by atoms with van der Waals surface area (Å²) in [6.45, 7) is 5.75. The Morgan fingerprint density at radius 3 is 1.26 bits per heavy atom. The summed E-state index contributed by atoms with van der Waals surface area (Å²) >= 11 is 0. The Hall–Kier alpha value is -1.16. The van der Waals surface area contributed by atoms with Crippen molar-refractivity contribution in [1.82, 2.24) is 0 Å². The molecule has 0 aromatic heterocycles. The maximum Gasteiger partial charge on any atom is 0.321 e. The van der Waals surface area contributed by atoms with Crippen LogP contribution in [0.2, 0.25) is 0 Å². The van der Waals surface area contributed by atoms with Gasteiger partial charge in [0.2, 0.25) is 0 Å². The number of hydrogen-bond donors (Lipinski definition) is 0. The molecule has 0 radical (unpaired) electrons. The molecule has 0 saturated carbocycles. The van der Waals surface area contributed by atoms with Gasteiger partial charge in [0.15, 0.2) is 23.8 Å². The minimum absolute atomic E-state index is 0.0187. The van der Waals surface area contributed by atoms with Crippen molar-refractivity contribution in [2.75, 3.05) is 24.7 Å². The Balaban J connectivity index is 5.81. The van der Waals surface area contributed by atoms with Crippen molar-refractivity contribution in [1.29, 1.82) is 0 Å². The van der Waals surface area contributed by atoms with Crippen LogP contribution in [0.25, 0.3) is 0 Å². The topological polar surface area (TPSA) is 121 Å². The van der Waals surface area contributed by atoms with E-state index in [1.165, 1.54) is 27.7 Å². The molecule has 23 heavy (non-hydrogen) atoms. The molecule has 0 N–H and O–H groups in total. The minimum atomic E-state index is -4.39. The van der Waals surface area contributed by atoms with Gasteiger partial charge in [-0.1, -0.05) is 13.8 Å². The third-order valence-electron chi connectivity index (χ3n) is 3.44. The van der Waals surface area contributed by atoms with Crippen molar-refractivity contribution < 1.29 is 35.9 Å². The largest absolute Gasteiger partial charge is 0.465 e. The molecule has 0 unspecified atom stereocenters. The monoisotopic (exact) mass is 372 g/mol. The first-order chi connectivity index (χ1) is 10.5. The number of hydrogen-bond acceptors (Lipinski definition) is 8. The summed E-state index contributed by atoms with van der Waals surface area (Å²) in [5, 5.41) is 0. The quantitative estimate of drug-likeness (QED) is 0.507. The predicted octanol–water partition coefficient (Wildman–Crippen LogP) is 0.459. The molecule has 0 aliphatic carbocycles. The molecule has 0 heterocycles. The molecule has 0 aromatic carbocycles. The van der Waals surface area contributed by atoms with Crippen molar-refractivity contribution in [2.45, 2.75) is 44.6 Å². The number of carbonyl (C=O) groups excluding carboxylic acids is 2. The van der Waals surface area contributed by atoms with E-state index in [1.54, 1.807) is 0 Å². The predicted molar refractivity (Wildman–Crippen MR) is 84.2 cm³/mol. The summed E-state index contributed by atoms with van der Waals surface area (Å²) < 4.78 is 57.2. The van der Waals surface area contributed by atoms with Gasteiger partial charge < -0.3 is 9.47 Å². The van der Waals surface area contributed by atoms with Crippen LogP contribution in [0.5, 0.6) is 0 Å². The number of rotatable bonds is 10. The summed E-state index contributed by atoms with van der Waals surface area (Å²) in [5.41, 5.74) is 0. The van der Waals surface area contributed by atoms with E-state index in [0.29, 0.717) is 0 Å². The van der Waals surface area contributed by atoms with Crippen LogP contribution in [0.4, 0.5) is 0 Å². The van der Waals surface area contributed by atoms with Crippen LogP contribution < -0.4 is 0 Å². The maximum atomic E-state index is 12.6. The van der Waals surface area contributed by atoms with E-state index in [1.807, 2.05) is 0 Å². The third kappa shape index (κ3) is 4.90. The van der Waals surface area contributed by atoms with Gasteiger partial charge in [0.1, 0.15) is 11.5 Å². The Kier molecular flexibility index (Phi) is 8.19. The zero-order valence-electron chi connectivity index (χ0n) is 13.8. The standard InChI is InChI=1S/C13H24O8S2/c1-5-13(6-2,22(16,17)9-11(14)20-7-3)23(18,19)10-12(15)21-8-4/h5-10H2,1-4H3. The Bertz CT molecular complexity index is 562. The highest BCUT2D eigenvalue weighted by Gasteiger charge is 2.53. The number of carbonyl (C=O) groups is 2. The van der Waals surface area contributed by atoms with Gasteiger partial charge in [0.25, 0.3) is 0 Å². The second kappa shape index (κ2) is 8.62. The summed E-state index contributed by atoms with van der Waals surface area (Å²) in [6, 6.07) is 0. The first kappa shape index (κ1) is 21.8. The summed E-state index contributed by atoms with van der Waals surface area (Å²) in [7, 11) is -8.79. The Labute approximate surface area is 137 Å². The van der Waals surface area contributed by atoms with Crippen LogP contribution in [0.3, 0.4) is 0 Å². The lowest BCUT2D eigenvalue weighted by molar-refractivity contribution is -0.140. The highest BCUT2D eigenvalue weighted by molar-refractivity contribution is 8.10. The minimum Gasteiger partial charge on any atom is -0.465 e. The van der Waals surface area contributed by atoms with Crippen LogP contribution in [0, 0.1) is 0 Å². The molecule has 0 amide bonds. The van der Waals surface area contributed by atoms with E-state index < -0.39 is 47.2 Å². The van der Waals surface area contributed by atoms with Crippen LogP contribution in [-0.2, 0) is 38.7 Å². The normalized spacial score (nSPS) is 12.7. The Morgan fingerprint density at radius 2 is 1.04 bits per heavy atom. The first-order valence-corrected chi connectivity index (χ1v) is 10.6. The van der Waals surface area contributed by atoms with Gasteiger partial charge in [-0.3, -0.25) is 9.59 Å². The highest BCUT2D eigenvalue weighted by Crippen LogP contribution is 2.34. The average Bonchev–Trinajstić information content (AvgIpc) is 2.38. The van der Waals surface area contributed by atoms with Crippen molar-refractivity contribution >= 4 is 31.6 Å². The average molecular weight is 372 g/mol. The van der Waals surface area contributed by atoms with Crippen LogP contribution in [0.15, 0.2) is 0 Å². The molecule has 10 heteroatoms. The third-order valence-corrected chi connectivity index (χ3v) is 9.61. The fourth-order valence-corrected chi connectivity index (χ4v) is 7.28. The molecule has 0 fully saturated rings. The molecular formula is C13H24O8S2. The van der Waals surface area contributed by atoms with Gasteiger partial charge in [-0.25, -0.2) is 16.8 Å². The fraction of sp³-hybridized carbons (Fsp3) is 0.846. The fourth-order valence-electron chi connectivity index (χ4n) is 2.30. The molecule has 136 valence electrons. The van der Waals surface area contributed by atoms with E-state index >= 15 is 0 Å². The summed E-state index contributed by atoms with van der Waals surface area (Å²) in [5.74, 6) is -4.15. The highest BCUT2D eigenvalue weighted by atomic mass is 32.3. The lowest BCUT2D eigenvalue weighted by atomic mass is 10.2. The van der Waals surface area contributed by atoms with Crippen LogP contribution in [0.1, 0.15) is 40.5 Å². The maximum absolute atomic E-state index is 12.6. The van der Waals surface area contributed by atoms with Crippen molar-refractivity contribution in [3.05, 3.63) is 0 Å². The Morgan fingerprint density at radius 1 is 0.739 bits per heavy atom. The van der Waals surface area contributed by atoms with Gasteiger partial charge in [-0.15, -0.1) is 0 Å². The van der Waals surface area contributed by atoms with Crippen LogP contribution in [-0.4, -0.2) is 57.6 Å². The summed E-state index contributed by atoms with van der Waals surface area (Å²) in [4.78, 5) is 23.0. The van der Waals surface area contributed by atoms with E-state index in [-0.39, 0.29) is 26.1 Å². The van der Waals surface area contributed by atoms with Gasteiger partial charge in [-0.2, -0.15) is 0 Å². The van der Waals surface area contributed by atoms with E-state index in [2.05, 4.69) is 9.47 Å². The number of ether oxygens (including phenoxy) is 2. The van der Waals surface area contributed by atoms with Crippen molar-refractivity contribution in [3.8, 4) is 0 Å². The van der Waals surface area contributed by atoms with E-state index in [4.69, 9.17) is 0 Å². The van der Waals surface area contributed by atoms with E-state index in [9.17, 15) is 26.4 Å². The second-order valence-corrected chi connectivity index (χ2v) is 9.60. The van der Waals surface area contributed by atoms with Gasteiger partial charge in [0.05, 0.1) is 13.2 Å². The zero-order chi connectivity index (χ0) is 18.3. The zero-order valence-corrected chi connectivity index (χ0v) is 15.5. The molecular weight excluding hydrogens is 348 g/mol. The molecule has 0 bridgehead atoms. The molecule has 0 aromatic rings. The lowest BCUT2D eigenvalue weighted by Crippen LogP contribution is -2.50. The number of sulfone groups is 2. The molecule has 0 atom stereocenters. The van der Waals surface area contributed by atoms with E-state index in [0.717, 1.165) is 0 Å². The van der Waals surface area contributed by atoms with Crippen molar-refractivity contribution in [3.63, 3.8) is 0 Å². The first-order valence-electron chi connectivity index (χ1n) is 7.29. The number of esters is 2. The molecule has 0 rings (SSSR count).